The fraction of sp³-hybridized carbons (Fsp3) is 0. The Morgan fingerprint density at radius 2 is 2.00 bits per heavy atom. The van der Waals surface area contributed by atoms with Crippen molar-refractivity contribution in [3.05, 3.63) is 52.3 Å². The standard InChI is InChI=1S/C13H8BrFN2O/c14-9-4-10(15)6-11(5-9)18-13-2-1-8(7-16)3-12(13)17/h1-6H,17H2. The summed E-state index contributed by atoms with van der Waals surface area (Å²) in [6, 6.07) is 10.8. The van der Waals surface area contributed by atoms with Crippen LogP contribution in [0.1, 0.15) is 5.56 Å². The molecular weight excluding hydrogens is 299 g/mol. The van der Waals surface area contributed by atoms with Crippen LogP contribution >= 0.6 is 15.9 Å². The van der Waals surface area contributed by atoms with Crippen molar-refractivity contribution in [2.24, 2.45) is 0 Å². The second-order valence-electron chi connectivity index (χ2n) is 3.57. The first-order valence-electron chi connectivity index (χ1n) is 5.02. The number of nitriles is 1. The molecule has 0 saturated heterocycles. The number of rotatable bonds is 2. The summed E-state index contributed by atoms with van der Waals surface area (Å²) >= 11 is 3.17. The minimum absolute atomic E-state index is 0.328. The molecule has 0 heterocycles. The molecule has 2 rings (SSSR count). The summed E-state index contributed by atoms with van der Waals surface area (Å²) in [5, 5.41) is 8.71. The van der Waals surface area contributed by atoms with E-state index in [4.69, 9.17) is 15.7 Å². The van der Waals surface area contributed by atoms with Crippen molar-refractivity contribution >= 4 is 21.6 Å². The van der Waals surface area contributed by atoms with Crippen molar-refractivity contribution in [3.8, 4) is 17.6 Å². The normalized spacial score (nSPS) is 9.83. The first-order chi connectivity index (χ1) is 8.58. The fourth-order valence-electron chi connectivity index (χ4n) is 1.43. The van der Waals surface area contributed by atoms with Gasteiger partial charge in [-0.3, -0.25) is 0 Å². The van der Waals surface area contributed by atoms with Gasteiger partial charge in [0, 0.05) is 10.5 Å². The van der Waals surface area contributed by atoms with E-state index in [0.29, 0.717) is 27.2 Å². The van der Waals surface area contributed by atoms with E-state index < -0.39 is 5.82 Å². The van der Waals surface area contributed by atoms with Crippen LogP contribution in [-0.2, 0) is 0 Å². The lowest BCUT2D eigenvalue weighted by molar-refractivity contribution is 0.478. The topological polar surface area (TPSA) is 59.0 Å². The molecular formula is C13H8BrFN2O. The molecule has 2 N–H and O–H groups in total. The molecule has 0 unspecified atom stereocenters. The second-order valence-corrected chi connectivity index (χ2v) is 4.49. The Balaban J connectivity index is 2.31. The Morgan fingerprint density at radius 1 is 1.22 bits per heavy atom. The van der Waals surface area contributed by atoms with Gasteiger partial charge in [-0.1, -0.05) is 15.9 Å². The van der Waals surface area contributed by atoms with Crippen LogP contribution in [0.25, 0.3) is 0 Å². The number of nitrogens with two attached hydrogens (primary N) is 1. The molecule has 0 fully saturated rings. The van der Waals surface area contributed by atoms with Crippen molar-refractivity contribution in [2.45, 2.75) is 0 Å². The molecule has 2 aromatic carbocycles. The van der Waals surface area contributed by atoms with Crippen LogP contribution in [0.2, 0.25) is 0 Å². The molecule has 18 heavy (non-hydrogen) atoms. The van der Waals surface area contributed by atoms with Crippen LogP contribution in [-0.4, -0.2) is 0 Å². The predicted octanol–water partition coefficient (Wildman–Crippen LogP) is 3.83. The van der Waals surface area contributed by atoms with Gasteiger partial charge in [-0.05, 0) is 30.3 Å². The van der Waals surface area contributed by atoms with Gasteiger partial charge in [0.2, 0.25) is 0 Å². The van der Waals surface area contributed by atoms with Gasteiger partial charge < -0.3 is 10.5 Å². The minimum atomic E-state index is -0.411. The van der Waals surface area contributed by atoms with Crippen LogP contribution in [0.4, 0.5) is 10.1 Å². The first kappa shape index (κ1) is 12.4. The number of ether oxygens (including phenoxy) is 1. The van der Waals surface area contributed by atoms with E-state index in [0.717, 1.165) is 0 Å². The summed E-state index contributed by atoms with van der Waals surface area (Å²) in [7, 11) is 0. The number of nitrogen functional groups attached to an aromatic ring is 1. The zero-order valence-corrected chi connectivity index (χ0v) is 10.7. The number of hydrogen-bond acceptors (Lipinski definition) is 3. The quantitative estimate of drug-likeness (QED) is 0.858. The van der Waals surface area contributed by atoms with Gasteiger partial charge in [-0.15, -0.1) is 0 Å². The van der Waals surface area contributed by atoms with E-state index >= 15 is 0 Å². The monoisotopic (exact) mass is 306 g/mol. The van der Waals surface area contributed by atoms with Gasteiger partial charge in [-0.2, -0.15) is 5.26 Å². The molecule has 0 atom stereocenters. The van der Waals surface area contributed by atoms with Gasteiger partial charge in [0.1, 0.15) is 17.3 Å². The lowest BCUT2D eigenvalue weighted by Crippen LogP contribution is -1.93. The molecule has 0 spiro atoms. The van der Waals surface area contributed by atoms with Crippen LogP contribution in [0.3, 0.4) is 0 Å². The number of anilines is 1. The maximum atomic E-state index is 13.2. The second kappa shape index (κ2) is 5.07. The molecule has 0 bridgehead atoms. The third-order valence-electron chi connectivity index (χ3n) is 2.20. The van der Waals surface area contributed by atoms with Gasteiger partial charge in [0.15, 0.2) is 0 Å². The predicted molar refractivity (Wildman–Crippen MR) is 69.7 cm³/mol. The van der Waals surface area contributed by atoms with E-state index in [-0.39, 0.29) is 0 Å². The molecule has 0 aliphatic carbocycles. The summed E-state index contributed by atoms with van der Waals surface area (Å²) in [4.78, 5) is 0. The smallest absolute Gasteiger partial charge is 0.150 e. The Labute approximate surface area is 112 Å². The highest BCUT2D eigenvalue weighted by Gasteiger charge is 2.05. The van der Waals surface area contributed by atoms with Gasteiger partial charge in [-0.25, -0.2) is 4.39 Å². The number of hydrogen-bond donors (Lipinski definition) is 1. The zero-order chi connectivity index (χ0) is 13.1. The van der Waals surface area contributed by atoms with Gasteiger partial charge >= 0.3 is 0 Å². The maximum absolute atomic E-state index is 13.2. The van der Waals surface area contributed by atoms with E-state index in [1.54, 1.807) is 18.2 Å². The van der Waals surface area contributed by atoms with Crippen LogP contribution in [0.5, 0.6) is 11.5 Å². The lowest BCUT2D eigenvalue weighted by Gasteiger charge is -2.09. The largest absolute Gasteiger partial charge is 0.455 e. The lowest BCUT2D eigenvalue weighted by atomic mass is 10.2. The average molecular weight is 307 g/mol. The van der Waals surface area contributed by atoms with Crippen molar-refractivity contribution in [1.82, 2.24) is 0 Å². The fourth-order valence-corrected chi connectivity index (χ4v) is 1.87. The summed E-state index contributed by atoms with van der Waals surface area (Å²) < 4.78 is 19.2. The highest BCUT2D eigenvalue weighted by molar-refractivity contribution is 9.10. The van der Waals surface area contributed by atoms with Crippen LogP contribution in [0, 0.1) is 17.1 Å². The molecule has 0 aliphatic heterocycles. The molecule has 2 aromatic rings. The average Bonchev–Trinajstić information content (AvgIpc) is 2.30. The minimum Gasteiger partial charge on any atom is -0.455 e. The van der Waals surface area contributed by atoms with Crippen molar-refractivity contribution in [1.29, 1.82) is 5.26 Å². The maximum Gasteiger partial charge on any atom is 0.150 e. The molecule has 0 amide bonds. The Hall–Kier alpha value is -2.06. The zero-order valence-electron chi connectivity index (χ0n) is 9.15. The Morgan fingerprint density at radius 3 is 2.61 bits per heavy atom. The van der Waals surface area contributed by atoms with Gasteiger partial charge in [0.05, 0.1) is 17.3 Å². The third-order valence-corrected chi connectivity index (χ3v) is 2.66. The third kappa shape index (κ3) is 2.79. The molecule has 0 aromatic heterocycles. The molecule has 3 nitrogen and oxygen atoms in total. The summed E-state index contributed by atoms with van der Waals surface area (Å²) in [5.41, 5.74) is 6.51. The summed E-state index contributed by atoms with van der Waals surface area (Å²) in [6.07, 6.45) is 0. The number of halogens is 2. The SMILES string of the molecule is N#Cc1ccc(Oc2cc(F)cc(Br)c2)c(N)c1. The molecule has 0 saturated carbocycles. The van der Waals surface area contributed by atoms with Crippen molar-refractivity contribution < 1.29 is 9.13 Å². The highest BCUT2D eigenvalue weighted by atomic mass is 79.9. The van der Waals surface area contributed by atoms with E-state index in [1.165, 1.54) is 18.2 Å². The van der Waals surface area contributed by atoms with Crippen LogP contribution < -0.4 is 10.5 Å². The highest BCUT2D eigenvalue weighted by Crippen LogP contribution is 2.30. The van der Waals surface area contributed by atoms with Gasteiger partial charge in [0.25, 0.3) is 0 Å². The first-order valence-corrected chi connectivity index (χ1v) is 5.81. The Bertz CT molecular complexity index is 617. The van der Waals surface area contributed by atoms with E-state index in [1.807, 2.05) is 6.07 Å². The number of benzene rings is 2. The van der Waals surface area contributed by atoms with Crippen molar-refractivity contribution in [2.75, 3.05) is 5.73 Å². The molecule has 90 valence electrons. The van der Waals surface area contributed by atoms with Crippen molar-refractivity contribution in [3.63, 3.8) is 0 Å². The summed E-state index contributed by atoms with van der Waals surface area (Å²) in [5.74, 6) is 0.302. The number of nitrogens with zero attached hydrogens (tertiary/aromatic N) is 1. The van der Waals surface area contributed by atoms with E-state index in [9.17, 15) is 4.39 Å². The van der Waals surface area contributed by atoms with Crippen LogP contribution in [0.15, 0.2) is 40.9 Å². The molecule has 5 heteroatoms. The Kier molecular flexibility index (Phi) is 3.49. The molecule has 0 aliphatic rings. The summed E-state index contributed by atoms with van der Waals surface area (Å²) in [6.45, 7) is 0. The molecule has 0 radical (unpaired) electrons. The van der Waals surface area contributed by atoms with E-state index in [2.05, 4.69) is 15.9 Å².